The van der Waals surface area contributed by atoms with Gasteiger partial charge in [-0.1, -0.05) is 78.5 Å². The van der Waals surface area contributed by atoms with Crippen molar-refractivity contribution in [3.8, 4) is 22.8 Å². The highest BCUT2D eigenvalue weighted by Crippen LogP contribution is 2.34. The predicted octanol–water partition coefficient (Wildman–Crippen LogP) is 6.10. The zero-order valence-corrected chi connectivity index (χ0v) is 15.6. The zero-order valence-electron chi connectivity index (χ0n) is 14.8. The van der Waals surface area contributed by atoms with Crippen molar-refractivity contribution in [2.24, 2.45) is 0 Å². The molecule has 4 nitrogen and oxygen atoms in total. The Labute approximate surface area is 166 Å². The maximum atomic E-state index is 6.02. The van der Waals surface area contributed by atoms with E-state index in [9.17, 15) is 0 Å². The molecule has 0 bridgehead atoms. The Morgan fingerprint density at radius 2 is 1.21 bits per heavy atom. The lowest BCUT2D eigenvalue weighted by Crippen LogP contribution is -1.92. The molecule has 3 aromatic carbocycles. The Morgan fingerprint density at radius 3 is 1.89 bits per heavy atom. The molecule has 2 heterocycles. The van der Waals surface area contributed by atoms with Gasteiger partial charge in [-0.3, -0.25) is 0 Å². The number of benzene rings is 3. The third kappa shape index (κ3) is 3.28. The second kappa shape index (κ2) is 7.29. The van der Waals surface area contributed by atoms with Gasteiger partial charge in [0.2, 0.25) is 5.89 Å². The van der Waals surface area contributed by atoms with Gasteiger partial charge in [-0.15, -0.1) is 0 Å². The van der Waals surface area contributed by atoms with Crippen LogP contribution in [0.4, 0.5) is 0 Å². The van der Waals surface area contributed by atoms with Crippen LogP contribution in [0.2, 0.25) is 0 Å². The van der Waals surface area contributed by atoms with E-state index in [1.54, 1.807) is 11.8 Å². The van der Waals surface area contributed by atoms with Gasteiger partial charge >= 0.3 is 0 Å². The van der Waals surface area contributed by atoms with Gasteiger partial charge < -0.3 is 4.42 Å². The van der Waals surface area contributed by atoms with E-state index >= 15 is 0 Å². The first-order valence-electron chi connectivity index (χ1n) is 8.89. The minimum atomic E-state index is 0.492. The highest BCUT2D eigenvalue weighted by molar-refractivity contribution is 7.99. The van der Waals surface area contributed by atoms with E-state index < -0.39 is 0 Å². The van der Waals surface area contributed by atoms with Crippen LogP contribution in [-0.2, 0) is 0 Å². The normalized spacial score (nSPS) is 11.0. The molecule has 0 saturated carbocycles. The van der Waals surface area contributed by atoms with E-state index in [1.165, 1.54) is 0 Å². The summed E-state index contributed by atoms with van der Waals surface area (Å²) in [7, 11) is 0. The molecule has 28 heavy (non-hydrogen) atoms. The molecule has 0 spiro atoms. The van der Waals surface area contributed by atoms with E-state index in [4.69, 9.17) is 14.4 Å². The predicted molar refractivity (Wildman–Crippen MR) is 111 cm³/mol. The summed E-state index contributed by atoms with van der Waals surface area (Å²) in [4.78, 5) is 15.2. The molecule has 5 heteroatoms. The molecule has 0 atom stereocenters. The maximum absolute atomic E-state index is 6.02. The fraction of sp³-hybridized carbons (Fsp3) is 0. The Kier molecular flexibility index (Phi) is 4.35. The van der Waals surface area contributed by atoms with E-state index in [0.29, 0.717) is 22.9 Å². The van der Waals surface area contributed by atoms with Crippen LogP contribution < -0.4 is 0 Å². The van der Waals surface area contributed by atoms with E-state index in [1.807, 2.05) is 78.9 Å². The smallest absolute Gasteiger partial charge is 0.252 e. The van der Waals surface area contributed by atoms with E-state index in [0.717, 1.165) is 21.0 Å². The van der Waals surface area contributed by atoms with Gasteiger partial charge in [0.25, 0.3) is 5.71 Å². The lowest BCUT2D eigenvalue weighted by molar-refractivity contribution is 0.607. The standard InChI is InChI=1S/C23H15N3OS/c1-4-10-16(11-5-1)20-25-22-19(23(26-20)28-18-14-8-3-9-15-18)24-21(27-22)17-12-6-2-7-13-17/h1-15H. The fourth-order valence-corrected chi connectivity index (χ4v) is 3.77. The molecular formula is C23H15N3OS. The summed E-state index contributed by atoms with van der Waals surface area (Å²) in [6.45, 7) is 0. The highest BCUT2D eigenvalue weighted by Gasteiger charge is 2.17. The Bertz CT molecular complexity index is 1220. The van der Waals surface area contributed by atoms with Crippen molar-refractivity contribution in [3.05, 3.63) is 91.0 Å². The third-order valence-corrected chi connectivity index (χ3v) is 5.22. The summed E-state index contributed by atoms with van der Waals surface area (Å²) in [6, 6.07) is 29.9. The molecule has 0 N–H and O–H groups in total. The summed E-state index contributed by atoms with van der Waals surface area (Å²) in [5.41, 5.74) is 3.02. The minimum absolute atomic E-state index is 0.492. The largest absolute Gasteiger partial charge is 0.417 e. The fourth-order valence-electron chi connectivity index (χ4n) is 2.89. The van der Waals surface area contributed by atoms with Crippen LogP contribution in [-0.4, -0.2) is 15.0 Å². The molecule has 134 valence electrons. The van der Waals surface area contributed by atoms with Crippen LogP contribution in [0.1, 0.15) is 0 Å². The van der Waals surface area contributed by atoms with Gasteiger partial charge in [-0.25, -0.2) is 9.97 Å². The van der Waals surface area contributed by atoms with Gasteiger partial charge in [-0.05, 0) is 24.3 Å². The average molecular weight is 381 g/mol. The van der Waals surface area contributed by atoms with Gasteiger partial charge in [-0.2, -0.15) is 4.98 Å². The van der Waals surface area contributed by atoms with Crippen LogP contribution in [0.5, 0.6) is 0 Å². The average Bonchev–Trinajstić information content (AvgIpc) is 3.20. The number of aromatic nitrogens is 3. The van der Waals surface area contributed by atoms with Gasteiger partial charge in [0.15, 0.2) is 11.3 Å². The quantitative estimate of drug-likeness (QED) is 0.352. The van der Waals surface area contributed by atoms with Crippen molar-refractivity contribution in [1.29, 1.82) is 0 Å². The Balaban J connectivity index is 1.69. The molecule has 2 aromatic heterocycles. The lowest BCUT2D eigenvalue weighted by Gasteiger charge is -2.04. The minimum Gasteiger partial charge on any atom is -0.417 e. The summed E-state index contributed by atoms with van der Waals surface area (Å²) >= 11 is 1.56. The first kappa shape index (κ1) is 16.7. The SMILES string of the molecule is c1ccc(Sc2nc(-c3ccccc3)nc3oc(-c4ccccc4)nc23)cc1. The first-order chi connectivity index (χ1) is 13.9. The van der Waals surface area contributed by atoms with E-state index in [-0.39, 0.29) is 0 Å². The highest BCUT2D eigenvalue weighted by atomic mass is 32.2. The number of hydrogen-bond acceptors (Lipinski definition) is 5. The van der Waals surface area contributed by atoms with Crippen LogP contribution in [0.25, 0.3) is 34.1 Å². The summed E-state index contributed by atoms with van der Waals surface area (Å²) in [5, 5.41) is 0.779. The lowest BCUT2D eigenvalue weighted by atomic mass is 10.2. The molecular weight excluding hydrogens is 366 g/mol. The zero-order chi connectivity index (χ0) is 18.8. The van der Waals surface area contributed by atoms with Crippen LogP contribution in [0.3, 0.4) is 0 Å². The van der Waals surface area contributed by atoms with Crippen molar-refractivity contribution < 1.29 is 4.42 Å². The molecule has 0 aliphatic rings. The number of hydrogen-bond donors (Lipinski definition) is 0. The molecule has 0 amide bonds. The molecule has 0 fully saturated rings. The number of fused-ring (bicyclic) bond motifs is 1. The third-order valence-electron chi connectivity index (χ3n) is 4.24. The second-order valence-corrected chi connectivity index (χ2v) is 7.23. The molecule has 5 aromatic rings. The Hall–Kier alpha value is -3.44. The summed E-state index contributed by atoms with van der Waals surface area (Å²) in [6.07, 6.45) is 0. The molecule has 0 saturated heterocycles. The molecule has 0 aliphatic heterocycles. The van der Waals surface area contributed by atoms with Crippen molar-refractivity contribution in [2.75, 3.05) is 0 Å². The topological polar surface area (TPSA) is 51.8 Å². The van der Waals surface area contributed by atoms with Gasteiger partial charge in [0, 0.05) is 16.0 Å². The molecule has 5 rings (SSSR count). The number of nitrogens with zero attached hydrogens (tertiary/aromatic N) is 3. The van der Waals surface area contributed by atoms with Gasteiger partial charge in [0.05, 0.1) is 0 Å². The molecule has 0 unspecified atom stereocenters. The Morgan fingerprint density at radius 1 is 0.607 bits per heavy atom. The van der Waals surface area contributed by atoms with E-state index in [2.05, 4.69) is 17.1 Å². The van der Waals surface area contributed by atoms with Crippen molar-refractivity contribution >= 4 is 23.0 Å². The maximum Gasteiger partial charge on any atom is 0.252 e. The van der Waals surface area contributed by atoms with Crippen molar-refractivity contribution in [1.82, 2.24) is 15.0 Å². The summed E-state index contributed by atoms with van der Waals surface area (Å²) in [5.74, 6) is 1.17. The second-order valence-electron chi connectivity index (χ2n) is 6.17. The number of oxazole rings is 1. The van der Waals surface area contributed by atoms with Crippen molar-refractivity contribution in [3.63, 3.8) is 0 Å². The number of rotatable bonds is 4. The monoisotopic (exact) mass is 381 g/mol. The molecule has 0 radical (unpaired) electrons. The van der Waals surface area contributed by atoms with Crippen LogP contribution in [0, 0.1) is 0 Å². The van der Waals surface area contributed by atoms with Gasteiger partial charge in [0.1, 0.15) is 5.03 Å². The first-order valence-corrected chi connectivity index (χ1v) is 9.71. The summed E-state index contributed by atoms with van der Waals surface area (Å²) < 4.78 is 6.02. The van der Waals surface area contributed by atoms with Crippen LogP contribution in [0.15, 0.2) is 105 Å². The van der Waals surface area contributed by atoms with Crippen LogP contribution >= 0.6 is 11.8 Å². The molecule has 0 aliphatic carbocycles. The van der Waals surface area contributed by atoms with Crippen molar-refractivity contribution in [2.45, 2.75) is 9.92 Å².